The van der Waals surface area contributed by atoms with E-state index in [-0.39, 0.29) is 5.75 Å². The first-order valence-corrected chi connectivity index (χ1v) is 7.56. The minimum absolute atomic E-state index is 0.00782. The van der Waals surface area contributed by atoms with Gasteiger partial charge in [0.15, 0.2) is 0 Å². The molecule has 0 saturated carbocycles. The van der Waals surface area contributed by atoms with E-state index in [0.717, 1.165) is 20.9 Å². The Balaban J connectivity index is 2.35. The minimum atomic E-state index is -0.856. The van der Waals surface area contributed by atoms with Crippen LogP contribution in [-0.4, -0.2) is 33.7 Å². The molecular weight excluding hydrogens is 344 g/mol. The van der Waals surface area contributed by atoms with Crippen LogP contribution < -0.4 is 0 Å². The second-order valence-corrected chi connectivity index (χ2v) is 5.89. The summed E-state index contributed by atoms with van der Waals surface area (Å²) < 4.78 is 7.74. The van der Waals surface area contributed by atoms with Crippen LogP contribution in [0.5, 0.6) is 0 Å². The van der Waals surface area contributed by atoms with Crippen LogP contribution in [0.25, 0.3) is 5.69 Å². The first-order chi connectivity index (χ1) is 9.60. The predicted octanol–water partition coefficient (Wildman–Crippen LogP) is 2.96. The van der Waals surface area contributed by atoms with E-state index in [0.29, 0.717) is 6.61 Å². The van der Waals surface area contributed by atoms with Gasteiger partial charge >= 0.3 is 5.97 Å². The molecule has 20 heavy (non-hydrogen) atoms. The third-order valence-electron chi connectivity index (χ3n) is 2.42. The third kappa shape index (κ3) is 3.84. The highest BCUT2D eigenvalue weighted by Crippen LogP contribution is 2.25. The zero-order valence-electron chi connectivity index (χ0n) is 10.7. The van der Waals surface area contributed by atoms with Crippen LogP contribution in [0.1, 0.15) is 5.69 Å². The molecule has 0 unspecified atom stereocenters. The number of rotatable bonds is 6. The van der Waals surface area contributed by atoms with Gasteiger partial charge in [-0.15, -0.1) is 0 Å². The van der Waals surface area contributed by atoms with Gasteiger partial charge in [-0.1, -0.05) is 33.8 Å². The zero-order chi connectivity index (χ0) is 14.5. The molecule has 0 aliphatic heterocycles. The monoisotopic (exact) mass is 356 g/mol. The number of aliphatic carboxylic acids is 1. The number of thioether (sulfide) groups is 1. The number of nitrogens with zero attached hydrogens (tertiary/aromatic N) is 2. The molecule has 1 heterocycles. The van der Waals surface area contributed by atoms with Crippen LogP contribution in [0.3, 0.4) is 0 Å². The van der Waals surface area contributed by atoms with Crippen molar-refractivity contribution in [3.8, 4) is 5.69 Å². The number of ether oxygens (including phenoxy) is 1. The molecule has 0 radical (unpaired) electrons. The van der Waals surface area contributed by atoms with Crippen LogP contribution in [0.2, 0.25) is 0 Å². The van der Waals surface area contributed by atoms with Crippen LogP contribution in [0.4, 0.5) is 0 Å². The van der Waals surface area contributed by atoms with Gasteiger partial charge in [-0.05, 0) is 24.3 Å². The Morgan fingerprint density at radius 3 is 2.95 bits per heavy atom. The highest BCUT2D eigenvalue weighted by atomic mass is 79.9. The summed E-state index contributed by atoms with van der Waals surface area (Å²) in [5.41, 5.74) is 1.63. The Morgan fingerprint density at radius 2 is 2.30 bits per heavy atom. The summed E-state index contributed by atoms with van der Waals surface area (Å²) in [4.78, 5) is 10.7. The second-order valence-electron chi connectivity index (χ2n) is 3.98. The molecule has 1 aromatic carbocycles. The Morgan fingerprint density at radius 1 is 1.50 bits per heavy atom. The second kappa shape index (κ2) is 6.92. The Kier molecular flexibility index (Phi) is 5.22. The summed E-state index contributed by atoms with van der Waals surface area (Å²) in [6, 6.07) is 9.52. The van der Waals surface area contributed by atoms with Gasteiger partial charge in [-0.25, -0.2) is 4.68 Å². The number of carboxylic acids is 1. The van der Waals surface area contributed by atoms with E-state index in [9.17, 15) is 4.79 Å². The summed E-state index contributed by atoms with van der Waals surface area (Å²) in [6.45, 7) is 0.391. The minimum Gasteiger partial charge on any atom is -0.481 e. The van der Waals surface area contributed by atoms with Crippen LogP contribution in [-0.2, 0) is 16.1 Å². The number of benzene rings is 1. The Bertz CT molecular complexity index is 615. The van der Waals surface area contributed by atoms with E-state index < -0.39 is 5.97 Å². The fourth-order valence-electron chi connectivity index (χ4n) is 1.66. The van der Waals surface area contributed by atoms with E-state index in [1.54, 1.807) is 11.8 Å². The van der Waals surface area contributed by atoms with Crippen LogP contribution >= 0.6 is 27.7 Å². The van der Waals surface area contributed by atoms with Crippen molar-refractivity contribution >= 4 is 33.7 Å². The predicted molar refractivity (Wildman–Crippen MR) is 80.3 cm³/mol. The summed E-state index contributed by atoms with van der Waals surface area (Å²) in [6.07, 6.45) is 0. The number of hydrogen-bond donors (Lipinski definition) is 1. The molecule has 106 valence electrons. The standard InChI is InChI=1S/C13H13BrN2O3S/c1-19-7-10-6-12(20-8-13(17)18)16(15-10)11-4-2-3-9(14)5-11/h2-6H,7-8H2,1H3,(H,17,18). The highest BCUT2D eigenvalue weighted by molar-refractivity contribution is 9.10. The lowest BCUT2D eigenvalue weighted by Gasteiger charge is -2.06. The van der Waals surface area contributed by atoms with Crippen molar-refractivity contribution in [1.29, 1.82) is 0 Å². The summed E-state index contributed by atoms with van der Waals surface area (Å²) in [5.74, 6) is -0.864. The molecule has 0 atom stereocenters. The van der Waals surface area contributed by atoms with Crippen LogP contribution in [0, 0.1) is 0 Å². The van der Waals surface area contributed by atoms with E-state index in [1.165, 1.54) is 11.8 Å². The molecule has 0 amide bonds. The van der Waals surface area contributed by atoms with Gasteiger partial charge < -0.3 is 9.84 Å². The topological polar surface area (TPSA) is 64.3 Å². The highest BCUT2D eigenvalue weighted by Gasteiger charge is 2.12. The number of methoxy groups -OCH3 is 1. The molecule has 0 saturated heterocycles. The van der Waals surface area contributed by atoms with Crippen molar-refractivity contribution in [1.82, 2.24) is 9.78 Å². The summed E-state index contributed by atoms with van der Waals surface area (Å²) in [7, 11) is 1.60. The normalized spacial score (nSPS) is 10.7. The van der Waals surface area contributed by atoms with Gasteiger partial charge in [0, 0.05) is 11.6 Å². The molecule has 0 fully saturated rings. The molecule has 0 spiro atoms. The number of hydrogen-bond acceptors (Lipinski definition) is 4. The lowest BCUT2D eigenvalue weighted by molar-refractivity contribution is -0.133. The maximum atomic E-state index is 10.7. The Hall–Kier alpha value is -1.31. The molecule has 7 heteroatoms. The van der Waals surface area contributed by atoms with Crippen molar-refractivity contribution in [3.63, 3.8) is 0 Å². The van der Waals surface area contributed by atoms with Gasteiger partial charge in [0.2, 0.25) is 0 Å². The molecule has 0 bridgehead atoms. The van der Waals surface area contributed by atoms with Crippen molar-refractivity contribution in [2.24, 2.45) is 0 Å². The maximum absolute atomic E-state index is 10.7. The quantitative estimate of drug-likeness (QED) is 0.806. The van der Waals surface area contributed by atoms with E-state index >= 15 is 0 Å². The molecule has 0 aliphatic carbocycles. The van der Waals surface area contributed by atoms with Crippen molar-refractivity contribution < 1.29 is 14.6 Å². The fourth-order valence-corrected chi connectivity index (χ4v) is 2.81. The first-order valence-electron chi connectivity index (χ1n) is 5.78. The maximum Gasteiger partial charge on any atom is 0.313 e. The average Bonchev–Trinajstić information content (AvgIpc) is 2.80. The van der Waals surface area contributed by atoms with Gasteiger partial charge in [-0.2, -0.15) is 5.10 Å². The summed E-state index contributed by atoms with van der Waals surface area (Å²) >= 11 is 4.65. The number of carbonyl (C=O) groups is 1. The van der Waals surface area contributed by atoms with Crippen molar-refractivity contribution in [2.45, 2.75) is 11.6 Å². The number of halogens is 1. The van der Waals surface area contributed by atoms with Gasteiger partial charge in [0.1, 0.15) is 5.03 Å². The fraction of sp³-hybridized carbons (Fsp3) is 0.231. The SMILES string of the molecule is COCc1cc(SCC(=O)O)n(-c2cccc(Br)c2)n1. The lowest BCUT2D eigenvalue weighted by Crippen LogP contribution is -2.02. The van der Waals surface area contributed by atoms with E-state index in [1.807, 2.05) is 30.3 Å². The zero-order valence-corrected chi connectivity index (χ0v) is 13.1. The summed E-state index contributed by atoms with van der Waals surface area (Å²) in [5, 5.41) is 14.0. The molecule has 0 aliphatic rings. The van der Waals surface area contributed by atoms with Crippen molar-refractivity contribution in [2.75, 3.05) is 12.9 Å². The number of aromatic nitrogens is 2. The molecule has 1 aromatic heterocycles. The third-order valence-corrected chi connectivity index (χ3v) is 3.89. The Labute approximate surface area is 129 Å². The molecular formula is C13H13BrN2O3S. The average molecular weight is 357 g/mol. The molecule has 2 aromatic rings. The van der Waals surface area contributed by atoms with Gasteiger partial charge in [0.25, 0.3) is 0 Å². The van der Waals surface area contributed by atoms with E-state index in [4.69, 9.17) is 9.84 Å². The number of carboxylic acid groups (broad SMARTS) is 1. The molecule has 1 N–H and O–H groups in total. The van der Waals surface area contributed by atoms with Gasteiger partial charge in [0.05, 0.1) is 23.7 Å². The first kappa shape index (κ1) is 15.1. The lowest BCUT2D eigenvalue weighted by atomic mass is 10.3. The molecule has 5 nitrogen and oxygen atoms in total. The smallest absolute Gasteiger partial charge is 0.313 e. The van der Waals surface area contributed by atoms with Crippen LogP contribution in [0.15, 0.2) is 39.8 Å². The largest absolute Gasteiger partial charge is 0.481 e. The van der Waals surface area contributed by atoms with Crippen molar-refractivity contribution in [3.05, 3.63) is 40.5 Å². The molecule has 2 rings (SSSR count). The van der Waals surface area contributed by atoms with E-state index in [2.05, 4.69) is 21.0 Å². The van der Waals surface area contributed by atoms with Gasteiger partial charge in [-0.3, -0.25) is 4.79 Å².